The molecule has 2 aromatic carbocycles. The number of nitrogens with one attached hydrogen (secondary N) is 1. The number of alkyl halides is 3. The molecule has 1 aliphatic rings. The van der Waals surface area contributed by atoms with Gasteiger partial charge in [-0.2, -0.15) is 0 Å². The van der Waals surface area contributed by atoms with Crippen molar-refractivity contribution >= 4 is 23.5 Å². The van der Waals surface area contributed by atoms with Crippen LogP contribution in [0.2, 0.25) is 0 Å². The number of Topliss-reactive ketones (excluding diaryl/α,β-unsaturated/α-hetero) is 1. The third-order valence-corrected chi connectivity index (χ3v) is 5.27. The number of benzene rings is 2. The first-order valence-corrected chi connectivity index (χ1v) is 10.4. The van der Waals surface area contributed by atoms with Gasteiger partial charge in [-0.05, 0) is 29.7 Å². The van der Waals surface area contributed by atoms with E-state index in [1.807, 2.05) is 0 Å². The third-order valence-electron chi connectivity index (χ3n) is 5.27. The summed E-state index contributed by atoms with van der Waals surface area (Å²) in [4.78, 5) is 50.4. The van der Waals surface area contributed by atoms with Gasteiger partial charge < -0.3 is 20.7 Å². The lowest BCUT2D eigenvalue weighted by Gasteiger charge is -2.26. The van der Waals surface area contributed by atoms with Crippen molar-refractivity contribution in [2.75, 3.05) is 0 Å². The summed E-state index contributed by atoms with van der Waals surface area (Å²) < 4.78 is 41.4. The zero-order valence-corrected chi connectivity index (χ0v) is 17.9. The topological polar surface area (TPSA) is 119 Å². The van der Waals surface area contributed by atoms with Crippen LogP contribution in [0, 0.1) is 0 Å². The van der Waals surface area contributed by atoms with Crippen LogP contribution in [-0.2, 0) is 32.1 Å². The molecule has 0 aliphatic carbocycles. The molecule has 1 aliphatic heterocycles. The molecule has 0 saturated carbocycles. The standard InChI is InChI=1S/C23H22F3N3O5/c24-23(25,26)34-16-8-4-7-15(11-16)13-29-18(9-10-19(29)30)22(33)28-17(20(31)21(27)32)12-14-5-2-1-3-6-14/h1-8,11,17-18H,9-10,12-13H2,(H2,27,32)(H,28,33)/t17?,18-/m0/s1. The average molecular weight is 477 g/mol. The van der Waals surface area contributed by atoms with Crippen LogP contribution < -0.4 is 15.8 Å². The minimum Gasteiger partial charge on any atom is -0.406 e. The van der Waals surface area contributed by atoms with Crippen molar-refractivity contribution in [2.24, 2.45) is 5.73 Å². The molecule has 3 rings (SSSR count). The van der Waals surface area contributed by atoms with Crippen LogP contribution >= 0.6 is 0 Å². The number of carbonyl (C=O) groups excluding carboxylic acids is 4. The Balaban J connectivity index is 1.74. The van der Waals surface area contributed by atoms with Gasteiger partial charge in [0.25, 0.3) is 5.91 Å². The van der Waals surface area contributed by atoms with Crippen molar-refractivity contribution in [3.05, 3.63) is 65.7 Å². The minimum atomic E-state index is -4.87. The summed E-state index contributed by atoms with van der Waals surface area (Å²) in [5, 5.41) is 2.51. The molecular formula is C23H22F3N3O5. The fraction of sp³-hybridized carbons (Fsp3) is 0.304. The summed E-state index contributed by atoms with van der Waals surface area (Å²) in [5.74, 6) is -3.67. The summed E-state index contributed by atoms with van der Waals surface area (Å²) in [6.45, 7) is -0.140. The van der Waals surface area contributed by atoms with E-state index in [0.717, 1.165) is 12.1 Å². The van der Waals surface area contributed by atoms with Crippen LogP contribution in [0.25, 0.3) is 0 Å². The predicted molar refractivity (Wildman–Crippen MR) is 113 cm³/mol. The maximum atomic E-state index is 13.0. The Bertz CT molecular complexity index is 1080. The molecule has 180 valence electrons. The number of likely N-dealkylation sites (tertiary alicyclic amines) is 1. The van der Waals surface area contributed by atoms with Crippen molar-refractivity contribution < 1.29 is 37.1 Å². The van der Waals surface area contributed by atoms with Gasteiger partial charge in [-0.15, -0.1) is 13.2 Å². The van der Waals surface area contributed by atoms with Crippen LogP contribution in [0.5, 0.6) is 5.75 Å². The first-order chi connectivity index (χ1) is 16.0. The monoisotopic (exact) mass is 477 g/mol. The Hall–Kier alpha value is -3.89. The van der Waals surface area contributed by atoms with Crippen LogP contribution in [0.4, 0.5) is 13.2 Å². The van der Waals surface area contributed by atoms with Crippen LogP contribution in [-0.4, -0.2) is 46.9 Å². The number of hydrogen-bond acceptors (Lipinski definition) is 5. The number of halogens is 3. The van der Waals surface area contributed by atoms with Gasteiger partial charge in [-0.3, -0.25) is 19.2 Å². The van der Waals surface area contributed by atoms with Gasteiger partial charge in [0, 0.05) is 19.4 Å². The highest BCUT2D eigenvalue weighted by Gasteiger charge is 2.38. The van der Waals surface area contributed by atoms with E-state index in [4.69, 9.17) is 5.73 Å². The highest BCUT2D eigenvalue weighted by atomic mass is 19.4. The lowest BCUT2D eigenvalue weighted by molar-refractivity contribution is -0.274. The largest absolute Gasteiger partial charge is 0.573 e. The minimum absolute atomic E-state index is 0.0197. The molecule has 0 bridgehead atoms. The molecule has 1 fully saturated rings. The quantitative estimate of drug-likeness (QED) is 0.535. The third kappa shape index (κ3) is 6.56. The molecule has 0 radical (unpaired) electrons. The first-order valence-electron chi connectivity index (χ1n) is 10.4. The van der Waals surface area contributed by atoms with Crippen LogP contribution in [0.15, 0.2) is 54.6 Å². The van der Waals surface area contributed by atoms with E-state index in [9.17, 15) is 32.3 Å². The maximum absolute atomic E-state index is 13.0. The fourth-order valence-electron chi connectivity index (χ4n) is 3.74. The molecule has 11 heteroatoms. The van der Waals surface area contributed by atoms with E-state index in [1.165, 1.54) is 17.0 Å². The van der Waals surface area contributed by atoms with Crippen LogP contribution in [0.3, 0.4) is 0 Å². The van der Waals surface area contributed by atoms with Gasteiger partial charge in [-0.1, -0.05) is 42.5 Å². The second-order valence-electron chi connectivity index (χ2n) is 7.75. The van der Waals surface area contributed by atoms with Gasteiger partial charge in [0.15, 0.2) is 0 Å². The fourth-order valence-corrected chi connectivity index (χ4v) is 3.74. The summed E-state index contributed by atoms with van der Waals surface area (Å²) in [5.41, 5.74) is 6.14. The molecule has 3 amide bonds. The van der Waals surface area contributed by atoms with E-state index in [0.29, 0.717) is 11.1 Å². The lowest BCUT2D eigenvalue weighted by Crippen LogP contribution is -2.53. The van der Waals surface area contributed by atoms with E-state index in [-0.39, 0.29) is 31.7 Å². The number of ether oxygens (including phenoxy) is 1. The zero-order valence-electron chi connectivity index (χ0n) is 17.9. The molecule has 2 aromatic rings. The summed E-state index contributed by atoms with van der Waals surface area (Å²) in [6.07, 6.45) is -4.66. The highest BCUT2D eigenvalue weighted by molar-refractivity contribution is 6.38. The zero-order chi connectivity index (χ0) is 24.9. The summed E-state index contributed by atoms with van der Waals surface area (Å²) in [6, 6.07) is 11.6. The predicted octanol–water partition coefficient (Wildman–Crippen LogP) is 1.86. The smallest absolute Gasteiger partial charge is 0.406 e. The van der Waals surface area contributed by atoms with E-state index in [1.54, 1.807) is 30.3 Å². The van der Waals surface area contributed by atoms with E-state index < -0.39 is 41.8 Å². The number of nitrogens with zero attached hydrogens (tertiary/aromatic N) is 1. The molecule has 34 heavy (non-hydrogen) atoms. The van der Waals surface area contributed by atoms with Gasteiger partial charge in [0.05, 0.1) is 0 Å². The van der Waals surface area contributed by atoms with E-state index in [2.05, 4.69) is 10.1 Å². The normalized spacial score (nSPS) is 16.7. The highest BCUT2D eigenvalue weighted by Crippen LogP contribution is 2.26. The van der Waals surface area contributed by atoms with Crippen molar-refractivity contribution in [1.82, 2.24) is 10.2 Å². The lowest BCUT2D eigenvalue weighted by atomic mass is 10.0. The number of primary amides is 1. The molecule has 2 atom stereocenters. The molecular weight excluding hydrogens is 455 g/mol. The van der Waals surface area contributed by atoms with Gasteiger partial charge in [0.2, 0.25) is 17.6 Å². The molecule has 1 saturated heterocycles. The number of ketones is 1. The van der Waals surface area contributed by atoms with Crippen molar-refractivity contribution in [3.8, 4) is 5.75 Å². The first kappa shape index (κ1) is 24.7. The molecule has 1 heterocycles. The Morgan fingerprint density at radius 1 is 1.09 bits per heavy atom. The molecule has 0 aromatic heterocycles. The second-order valence-corrected chi connectivity index (χ2v) is 7.75. The Morgan fingerprint density at radius 3 is 2.41 bits per heavy atom. The van der Waals surface area contributed by atoms with Crippen LogP contribution in [0.1, 0.15) is 24.0 Å². The van der Waals surface area contributed by atoms with Crippen molar-refractivity contribution in [3.63, 3.8) is 0 Å². The van der Waals surface area contributed by atoms with Gasteiger partial charge in [0.1, 0.15) is 17.8 Å². The average Bonchev–Trinajstić information content (AvgIpc) is 3.12. The number of carbonyl (C=O) groups is 4. The number of amides is 3. The van der Waals surface area contributed by atoms with Gasteiger partial charge in [-0.25, -0.2) is 0 Å². The Labute approximate surface area is 192 Å². The second kappa shape index (κ2) is 10.4. The SMILES string of the molecule is NC(=O)C(=O)C(Cc1ccccc1)NC(=O)[C@@H]1CCC(=O)N1Cc1cccc(OC(F)(F)F)c1. The Morgan fingerprint density at radius 2 is 1.76 bits per heavy atom. The number of rotatable bonds is 9. The molecule has 8 nitrogen and oxygen atoms in total. The number of nitrogens with two attached hydrogens (primary N) is 1. The molecule has 0 spiro atoms. The Kier molecular flexibility index (Phi) is 7.54. The van der Waals surface area contributed by atoms with Gasteiger partial charge >= 0.3 is 6.36 Å². The van der Waals surface area contributed by atoms with E-state index >= 15 is 0 Å². The molecule has 1 unspecified atom stereocenters. The summed E-state index contributed by atoms with van der Waals surface area (Å²) >= 11 is 0. The van der Waals surface area contributed by atoms with Crippen molar-refractivity contribution in [1.29, 1.82) is 0 Å². The molecule has 3 N–H and O–H groups in total. The maximum Gasteiger partial charge on any atom is 0.573 e. The number of hydrogen-bond donors (Lipinski definition) is 2. The summed E-state index contributed by atoms with van der Waals surface area (Å²) in [7, 11) is 0. The van der Waals surface area contributed by atoms with Crippen molar-refractivity contribution in [2.45, 2.75) is 44.3 Å².